The van der Waals surface area contributed by atoms with Crippen LogP contribution in [0.25, 0.3) is 0 Å². The molecular weight excluding hydrogens is 334 g/mol. The Kier molecular flexibility index (Phi) is 6.21. The Labute approximate surface area is 161 Å². The quantitative estimate of drug-likeness (QED) is 0.609. The number of benzene rings is 2. The topological polar surface area (TPSA) is 36.4 Å². The van der Waals surface area contributed by atoms with Crippen molar-refractivity contribution in [2.45, 2.75) is 20.4 Å². The van der Waals surface area contributed by atoms with Crippen LogP contribution in [-0.2, 0) is 6.54 Å². The van der Waals surface area contributed by atoms with Gasteiger partial charge in [-0.3, -0.25) is 9.78 Å². The molecule has 1 heterocycles. The van der Waals surface area contributed by atoms with Crippen LogP contribution in [0.5, 0.6) is 0 Å². The predicted molar refractivity (Wildman–Crippen MR) is 111 cm³/mol. The highest BCUT2D eigenvalue weighted by molar-refractivity contribution is 6.06. The maximum atomic E-state index is 13.4. The molecule has 0 aliphatic carbocycles. The lowest BCUT2D eigenvalue weighted by molar-refractivity contribution is 0.0985. The maximum Gasteiger partial charge on any atom is 0.260 e. The van der Waals surface area contributed by atoms with Crippen molar-refractivity contribution in [2.75, 3.05) is 22.9 Å². The lowest BCUT2D eigenvalue weighted by Gasteiger charge is -2.25. The first-order valence-electron chi connectivity index (χ1n) is 9.33. The second-order valence-corrected chi connectivity index (χ2v) is 6.32. The van der Waals surface area contributed by atoms with Crippen molar-refractivity contribution in [3.05, 3.63) is 90.3 Å². The summed E-state index contributed by atoms with van der Waals surface area (Å²) < 4.78 is 0. The molecule has 3 rings (SSSR count). The van der Waals surface area contributed by atoms with E-state index in [9.17, 15) is 4.79 Å². The third-order valence-electron chi connectivity index (χ3n) is 4.60. The van der Waals surface area contributed by atoms with Gasteiger partial charge in [0.05, 0.1) is 24.0 Å². The lowest BCUT2D eigenvalue weighted by Crippen LogP contribution is -2.31. The van der Waals surface area contributed by atoms with E-state index in [2.05, 4.69) is 23.7 Å². The molecule has 0 atom stereocenters. The largest absolute Gasteiger partial charge is 0.371 e. The lowest BCUT2D eigenvalue weighted by atomic mass is 10.1. The van der Waals surface area contributed by atoms with Crippen LogP contribution in [0.15, 0.2) is 79.1 Å². The number of carbonyl (C=O) groups is 1. The van der Waals surface area contributed by atoms with Crippen molar-refractivity contribution in [1.29, 1.82) is 0 Å². The van der Waals surface area contributed by atoms with Gasteiger partial charge >= 0.3 is 0 Å². The second-order valence-electron chi connectivity index (χ2n) is 6.32. The van der Waals surface area contributed by atoms with Crippen molar-refractivity contribution in [3.63, 3.8) is 0 Å². The average molecular weight is 359 g/mol. The molecule has 0 radical (unpaired) electrons. The summed E-state index contributed by atoms with van der Waals surface area (Å²) in [6, 6.07) is 21.7. The van der Waals surface area contributed by atoms with Gasteiger partial charge in [0.15, 0.2) is 0 Å². The van der Waals surface area contributed by atoms with Crippen LogP contribution in [0.1, 0.15) is 29.8 Å². The van der Waals surface area contributed by atoms with Gasteiger partial charge in [0, 0.05) is 25.0 Å². The van der Waals surface area contributed by atoms with Crippen LogP contribution in [-0.4, -0.2) is 24.0 Å². The number of aromatic nitrogens is 1. The fraction of sp³-hybridized carbons (Fsp3) is 0.217. The third kappa shape index (κ3) is 4.53. The van der Waals surface area contributed by atoms with Crippen LogP contribution < -0.4 is 9.80 Å². The standard InChI is InChI=1S/C23H25N3O/c1-3-25(4-2)22-15-20(16-24-17-22)23(27)26(21-13-9-6-10-14-21)18-19-11-7-5-8-12-19/h5-17H,3-4,18H2,1-2H3. The van der Waals surface area contributed by atoms with Gasteiger partial charge in [-0.2, -0.15) is 0 Å². The number of amides is 1. The van der Waals surface area contributed by atoms with E-state index < -0.39 is 0 Å². The Morgan fingerprint density at radius 2 is 1.48 bits per heavy atom. The van der Waals surface area contributed by atoms with E-state index >= 15 is 0 Å². The van der Waals surface area contributed by atoms with Crippen molar-refractivity contribution in [1.82, 2.24) is 4.98 Å². The summed E-state index contributed by atoms with van der Waals surface area (Å²) >= 11 is 0. The first-order chi connectivity index (χ1) is 13.2. The summed E-state index contributed by atoms with van der Waals surface area (Å²) in [5.41, 5.74) is 3.53. The highest BCUT2D eigenvalue weighted by Gasteiger charge is 2.19. The molecule has 1 aromatic heterocycles. The highest BCUT2D eigenvalue weighted by Crippen LogP contribution is 2.22. The smallest absolute Gasteiger partial charge is 0.260 e. The summed E-state index contributed by atoms with van der Waals surface area (Å²) in [5.74, 6) is -0.0495. The number of hydrogen-bond acceptors (Lipinski definition) is 3. The van der Waals surface area contributed by atoms with Gasteiger partial charge in [0.1, 0.15) is 0 Å². The van der Waals surface area contributed by atoms with Crippen molar-refractivity contribution >= 4 is 17.3 Å². The van der Waals surface area contributed by atoms with Crippen LogP contribution in [0, 0.1) is 0 Å². The third-order valence-corrected chi connectivity index (χ3v) is 4.60. The van der Waals surface area contributed by atoms with Crippen LogP contribution >= 0.6 is 0 Å². The van der Waals surface area contributed by atoms with Crippen molar-refractivity contribution in [3.8, 4) is 0 Å². The zero-order valence-corrected chi connectivity index (χ0v) is 15.9. The van der Waals surface area contributed by atoms with Crippen LogP contribution in [0.3, 0.4) is 0 Å². The molecule has 0 bridgehead atoms. The van der Waals surface area contributed by atoms with E-state index in [1.165, 1.54) is 0 Å². The summed E-state index contributed by atoms with van der Waals surface area (Å²) in [6.07, 6.45) is 3.46. The summed E-state index contributed by atoms with van der Waals surface area (Å²) in [4.78, 5) is 21.7. The molecule has 0 saturated carbocycles. The van der Waals surface area contributed by atoms with Gasteiger partial charge < -0.3 is 9.80 Å². The van der Waals surface area contributed by atoms with E-state index in [0.29, 0.717) is 12.1 Å². The fourth-order valence-electron chi connectivity index (χ4n) is 3.12. The molecule has 2 aromatic carbocycles. The Bertz CT molecular complexity index is 861. The Morgan fingerprint density at radius 1 is 0.852 bits per heavy atom. The van der Waals surface area contributed by atoms with E-state index in [-0.39, 0.29) is 5.91 Å². The normalized spacial score (nSPS) is 10.4. The van der Waals surface area contributed by atoms with Gasteiger partial charge in [-0.25, -0.2) is 0 Å². The predicted octanol–water partition coefficient (Wildman–Crippen LogP) is 4.77. The molecule has 4 heteroatoms. The van der Waals surface area contributed by atoms with E-state index in [1.807, 2.05) is 72.9 Å². The molecular formula is C23H25N3O. The average Bonchev–Trinajstić information content (AvgIpc) is 2.74. The van der Waals surface area contributed by atoms with Crippen molar-refractivity contribution in [2.24, 2.45) is 0 Å². The molecule has 0 fully saturated rings. The number of para-hydroxylation sites is 1. The first kappa shape index (κ1) is 18.6. The summed E-state index contributed by atoms with van der Waals surface area (Å²) in [6.45, 7) is 6.47. The molecule has 3 aromatic rings. The number of carbonyl (C=O) groups excluding carboxylic acids is 1. The molecule has 27 heavy (non-hydrogen) atoms. The van der Waals surface area contributed by atoms with E-state index in [0.717, 1.165) is 30.0 Å². The number of anilines is 2. The van der Waals surface area contributed by atoms with E-state index in [1.54, 1.807) is 11.1 Å². The Morgan fingerprint density at radius 3 is 2.11 bits per heavy atom. The van der Waals surface area contributed by atoms with Gasteiger partial charge in [-0.15, -0.1) is 0 Å². The molecule has 0 unspecified atom stereocenters. The maximum absolute atomic E-state index is 13.4. The molecule has 0 aliphatic rings. The highest BCUT2D eigenvalue weighted by atomic mass is 16.2. The number of rotatable bonds is 7. The van der Waals surface area contributed by atoms with Gasteiger partial charge in [0.25, 0.3) is 5.91 Å². The van der Waals surface area contributed by atoms with Crippen molar-refractivity contribution < 1.29 is 4.79 Å². The first-order valence-corrected chi connectivity index (χ1v) is 9.33. The number of nitrogens with zero attached hydrogens (tertiary/aromatic N) is 3. The molecule has 0 N–H and O–H groups in total. The molecule has 4 nitrogen and oxygen atoms in total. The number of pyridine rings is 1. The molecule has 138 valence electrons. The van der Waals surface area contributed by atoms with E-state index in [4.69, 9.17) is 0 Å². The minimum atomic E-state index is -0.0495. The van der Waals surface area contributed by atoms with Gasteiger partial charge in [-0.1, -0.05) is 48.5 Å². The molecule has 0 spiro atoms. The van der Waals surface area contributed by atoms with Crippen LogP contribution in [0.4, 0.5) is 11.4 Å². The SMILES string of the molecule is CCN(CC)c1cncc(C(=O)N(Cc2ccccc2)c2ccccc2)c1. The van der Waals surface area contributed by atoms with Gasteiger partial charge in [-0.05, 0) is 37.6 Å². The van der Waals surface area contributed by atoms with Gasteiger partial charge in [0.2, 0.25) is 0 Å². The Hall–Kier alpha value is -3.14. The van der Waals surface area contributed by atoms with Crippen LogP contribution in [0.2, 0.25) is 0 Å². The number of hydrogen-bond donors (Lipinski definition) is 0. The molecule has 1 amide bonds. The minimum absolute atomic E-state index is 0.0495. The fourth-order valence-corrected chi connectivity index (χ4v) is 3.12. The minimum Gasteiger partial charge on any atom is -0.371 e. The zero-order chi connectivity index (χ0) is 19.1. The Balaban J connectivity index is 1.95. The molecule has 0 aliphatic heterocycles. The zero-order valence-electron chi connectivity index (χ0n) is 15.9. The summed E-state index contributed by atoms with van der Waals surface area (Å²) in [5, 5.41) is 0. The summed E-state index contributed by atoms with van der Waals surface area (Å²) in [7, 11) is 0. The second kappa shape index (κ2) is 8.99. The molecule has 0 saturated heterocycles. The monoisotopic (exact) mass is 359 g/mol.